The fourth-order valence-corrected chi connectivity index (χ4v) is 1.68. The molecule has 1 aliphatic rings. The summed E-state index contributed by atoms with van der Waals surface area (Å²) in [6.45, 7) is 0.569. The Kier molecular flexibility index (Phi) is 3.14. The SMILES string of the molecule is O=[N+]([O-])c1ccc(CNC2CCC2)cc1F. The van der Waals surface area contributed by atoms with Gasteiger partial charge in [0.05, 0.1) is 4.92 Å². The quantitative estimate of drug-likeness (QED) is 0.631. The third-order valence-electron chi connectivity index (χ3n) is 2.91. The first-order valence-electron chi connectivity index (χ1n) is 5.33. The van der Waals surface area contributed by atoms with E-state index in [0.29, 0.717) is 12.6 Å². The zero-order valence-corrected chi connectivity index (χ0v) is 8.78. The van der Waals surface area contributed by atoms with Gasteiger partial charge in [-0.2, -0.15) is 4.39 Å². The third-order valence-corrected chi connectivity index (χ3v) is 2.91. The highest BCUT2D eigenvalue weighted by molar-refractivity contribution is 5.34. The second-order valence-corrected chi connectivity index (χ2v) is 4.05. The Morgan fingerprint density at radius 2 is 2.25 bits per heavy atom. The van der Waals surface area contributed by atoms with Crippen molar-refractivity contribution in [2.75, 3.05) is 0 Å². The van der Waals surface area contributed by atoms with Gasteiger partial charge in [-0.05, 0) is 24.5 Å². The lowest BCUT2D eigenvalue weighted by molar-refractivity contribution is -0.387. The summed E-state index contributed by atoms with van der Waals surface area (Å²) in [5.74, 6) is -0.766. The number of nitro groups is 1. The summed E-state index contributed by atoms with van der Waals surface area (Å²) in [6.07, 6.45) is 3.57. The summed E-state index contributed by atoms with van der Waals surface area (Å²) in [5, 5.41) is 13.7. The van der Waals surface area contributed by atoms with Crippen LogP contribution in [-0.2, 0) is 6.54 Å². The van der Waals surface area contributed by atoms with E-state index in [2.05, 4.69) is 5.32 Å². The standard InChI is InChI=1S/C11H13FN2O2/c12-10-6-8(4-5-11(10)14(15)16)7-13-9-2-1-3-9/h4-6,9,13H,1-3,7H2. The lowest BCUT2D eigenvalue weighted by Gasteiger charge is -2.26. The number of nitrogens with one attached hydrogen (secondary N) is 1. The van der Waals surface area contributed by atoms with E-state index in [1.165, 1.54) is 18.6 Å². The van der Waals surface area contributed by atoms with E-state index in [9.17, 15) is 14.5 Å². The van der Waals surface area contributed by atoms with Crippen LogP contribution in [-0.4, -0.2) is 11.0 Å². The first kappa shape index (κ1) is 11.0. The van der Waals surface area contributed by atoms with E-state index in [-0.39, 0.29) is 0 Å². The Bertz CT molecular complexity index is 405. The fourth-order valence-electron chi connectivity index (χ4n) is 1.68. The first-order chi connectivity index (χ1) is 7.66. The molecule has 0 heterocycles. The molecular formula is C11H13FN2O2. The Hall–Kier alpha value is -1.49. The van der Waals surface area contributed by atoms with Crippen LogP contribution >= 0.6 is 0 Å². The van der Waals surface area contributed by atoms with Crippen LogP contribution in [0.25, 0.3) is 0 Å². The van der Waals surface area contributed by atoms with Crippen molar-refractivity contribution < 1.29 is 9.31 Å². The molecular weight excluding hydrogens is 211 g/mol. The molecule has 0 amide bonds. The maximum absolute atomic E-state index is 13.3. The molecule has 1 aromatic rings. The van der Waals surface area contributed by atoms with Crippen LogP contribution in [0.2, 0.25) is 0 Å². The average Bonchev–Trinajstić information content (AvgIpc) is 2.14. The fraction of sp³-hybridized carbons (Fsp3) is 0.455. The summed E-state index contributed by atoms with van der Waals surface area (Å²) < 4.78 is 13.3. The van der Waals surface area contributed by atoms with E-state index >= 15 is 0 Å². The second-order valence-electron chi connectivity index (χ2n) is 4.05. The van der Waals surface area contributed by atoms with Gasteiger partial charge in [-0.3, -0.25) is 10.1 Å². The van der Waals surface area contributed by atoms with Crippen LogP contribution in [0.1, 0.15) is 24.8 Å². The Morgan fingerprint density at radius 3 is 2.75 bits per heavy atom. The highest BCUT2D eigenvalue weighted by atomic mass is 19.1. The number of hydrogen-bond acceptors (Lipinski definition) is 3. The molecule has 4 nitrogen and oxygen atoms in total. The van der Waals surface area contributed by atoms with Crippen LogP contribution in [0.3, 0.4) is 0 Å². The van der Waals surface area contributed by atoms with Crippen LogP contribution in [0.15, 0.2) is 18.2 Å². The molecule has 1 N–H and O–H groups in total. The summed E-state index contributed by atoms with van der Waals surface area (Å²) in [6, 6.07) is 4.56. The van der Waals surface area contributed by atoms with Crippen molar-refractivity contribution in [3.8, 4) is 0 Å². The number of benzene rings is 1. The van der Waals surface area contributed by atoms with E-state index < -0.39 is 16.4 Å². The van der Waals surface area contributed by atoms with E-state index in [1.807, 2.05) is 0 Å². The molecule has 5 heteroatoms. The van der Waals surface area contributed by atoms with Crippen molar-refractivity contribution in [2.45, 2.75) is 31.8 Å². The molecule has 1 aromatic carbocycles. The van der Waals surface area contributed by atoms with Gasteiger partial charge >= 0.3 is 5.69 Å². The van der Waals surface area contributed by atoms with E-state index in [0.717, 1.165) is 18.4 Å². The van der Waals surface area contributed by atoms with Crippen LogP contribution < -0.4 is 5.32 Å². The average molecular weight is 224 g/mol. The van der Waals surface area contributed by atoms with Gasteiger partial charge in [0.25, 0.3) is 0 Å². The Morgan fingerprint density at radius 1 is 1.50 bits per heavy atom. The second kappa shape index (κ2) is 4.57. The van der Waals surface area contributed by atoms with E-state index in [4.69, 9.17) is 0 Å². The number of nitro benzene ring substituents is 1. The van der Waals surface area contributed by atoms with Crippen molar-refractivity contribution in [3.63, 3.8) is 0 Å². The van der Waals surface area contributed by atoms with Gasteiger partial charge in [-0.1, -0.05) is 12.5 Å². The van der Waals surface area contributed by atoms with E-state index in [1.54, 1.807) is 6.07 Å². The molecule has 2 rings (SSSR count). The molecule has 0 bridgehead atoms. The van der Waals surface area contributed by atoms with Gasteiger partial charge in [0.1, 0.15) is 0 Å². The summed E-state index contributed by atoms with van der Waals surface area (Å²) in [4.78, 5) is 9.69. The van der Waals surface area contributed by atoms with Crippen molar-refractivity contribution in [1.29, 1.82) is 0 Å². The maximum atomic E-state index is 13.3. The Balaban J connectivity index is 1.99. The predicted octanol–water partition coefficient (Wildman–Crippen LogP) is 2.38. The number of nitrogens with zero attached hydrogens (tertiary/aromatic N) is 1. The lowest BCUT2D eigenvalue weighted by atomic mass is 9.93. The van der Waals surface area contributed by atoms with Crippen LogP contribution in [0.4, 0.5) is 10.1 Å². The molecule has 0 spiro atoms. The molecule has 0 aromatic heterocycles. The summed E-state index contributed by atoms with van der Waals surface area (Å²) >= 11 is 0. The molecule has 0 aliphatic heterocycles. The van der Waals surface area contributed by atoms with Gasteiger partial charge in [0, 0.05) is 18.7 Å². The zero-order chi connectivity index (χ0) is 11.5. The van der Waals surface area contributed by atoms with Gasteiger partial charge in [0.15, 0.2) is 0 Å². The van der Waals surface area contributed by atoms with Crippen molar-refractivity contribution in [1.82, 2.24) is 5.32 Å². The molecule has 0 saturated heterocycles. The minimum atomic E-state index is -0.766. The predicted molar refractivity (Wildman–Crippen MR) is 57.5 cm³/mol. The smallest absolute Gasteiger partial charge is 0.304 e. The summed E-state index contributed by atoms with van der Waals surface area (Å²) in [7, 11) is 0. The summed E-state index contributed by atoms with van der Waals surface area (Å²) in [5.41, 5.74) is 0.280. The first-order valence-corrected chi connectivity index (χ1v) is 5.33. The van der Waals surface area contributed by atoms with Gasteiger partial charge in [-0.15, -0.1) is 0 Å². The molecule has 0 unspecified atom stereocenters. The van der Waals surface area contributed by atoms with Crippen molar-refractivity contribution in [3.05, 3.63) is 39.7 Å². The van der Waals surface area contributed by atoms with Crippen molar-refractivity contribution >= 4 is 5.69 Å². The monoisotopic (exact) mass is 224 g/mol. The molecule has 86 valence electrons. The van der Waals surface area contributed by atoms with Crippen LogP contribution in [0.5, 0.6) is 0 Å². The maximum Gasteiger partial charge on any atom is 0.304 e. The number of rotatable bonds is 4. The molecule has 0 atom stereocenters. The molecule has 0 radical (unpaired) electrons. The molecule has 1 saturated carbocycles. The number of halogens is 1. The molecule has 16 heavy (non-hydrogen) atoms. The molecule has 1 aliphatic carbocycles. The third kappa shape index (κ3) is 2.36. The van der Waals surface area contributed by atoms with Gasteiger partial charge in [-0.25, -0.2) is 0 Å². The normalized spacial score (nSPS) is 15.8. The minimum Gasteiger partial charge on any atom is -0.310 e. The van der Waals surface area contributed by atoms with Crippen molar-refractivity contribution in [2.24, 2.45) is 0 Å². The zero-order valence-electron chi connectivity index (χ0n) is 8.78. The lowest BCUT2D eigenvalue weighted by Crippen LogP contribution is -2.34. The van der Waals surface area contributed by atoms with Gasteiger partial charge in [0.2, 0.25) is 5.82 Å². The topological polar surface area (TPSA) is 55.2 Å². The Labute approximate surface area is 92.6 Å². The highest BCUT2D eigenvalue weighted by Gasteiger charge is 2.17. The number of hydrogen-bond donors (Lipinski definition) is 1. The minimum absolute atomic E-state index is 0.465. The highest BCUT2D eigenvalue weighted by Crippen LogP contribution is 2.20. The molecule has 1 fully saturated rings. The van der Waals surface area contributed by atoms with Crippen LogP contribution in [0, 0.1) is 15.9 Å². The van der Waals surface area contributed by atoms with Gasteiger partial charge < -0.3 is 5.32 Å². The largest absolute Gasteiger partial charge is 0.310 e.